The van der Waals surface area contributed by atoms with Gasteiger partial charge in [-0.15, -0.1) is 11.8 Å². The number of thioether (sulfide) groups is 1. The van der Waals surface area contributed by atoms with Gasteiger partial charge in [-0.25, -0.2) is 0 Å². The van der Waals surface area contributed by atoms with Crippen molar-refractivity contribution < 1.29 is 19.8 Å². The Morgan fingerprint density at radius 2 is 2.06 bits per heavy atom. The second-order valence-electron chi connectivity index (χ2n) is 3.84. The molecule has 1 heterocycles. The molecule has 0 aromatic heterocycles. The molecule has 106 valence electrons. The van der Waals surface area contributed by atoms with Gasteiger partial charge in [0.1, 0.15) is 12.1 Å². The maximum absolute atomic E-state index is 10.1. The van der Waals surface area contributed by atoms with Gasteiger partial charge in [-0.1, -0.05) is 6.42 Å². The Balaban J connectivity index is 0.000000327. The average Bonchev–Trinajstić information content (AvgIpc) is 2.83. The predicted molar refractivity (Wildman–Crippen MR) is 70.4 cm³/mol. The van der Waals surface area contributed by atoms with Crippen LogP contribution in [0.25, 0.3) is 0 Å². The number of nitrogens with one attached hydrogen (secondary N) is 1. The molecular weight excluding hydrogens is 258 g/mol. The highest BCUT2D eigenvalue weighted by Crippen LogP contribution is 2.08. The molecule has 1 fully saturated rings. The van der Waals surface area contributed by atoms with E-state index in [2.05, 4.69) is 5.32 Å². The molecule has 0 saturated carbocycles. The minimum atomic E-state index is -0.933. The van der Waals surface area contributed by atoms with Gasteiger partial charge in [0.05, 0.1) is 0 Å². The van der Waals surface area contributed by atoms with E-state index in [0.717, 1.165) is 18.7 Å². The lowest BCUT2D eigenvalue weighted by molar-refractivity contribution is -0.139. The molecule has 0 spiro atoms. The molecule has 0 aliphatic carbocycles. The summed E-state index contributed by atoms with van der Waals surface area (Å²) in [5.41, 5.74) is 10.4. The number of unbranched alkanes of at least 4 members (excludes halogenated alkanes) is 1. The van der Waals surface area contributed by atoms with Crippen LogP contribution in [0.3, 0.4) is 0 Å². The molecule has 0 radical (unpaired) electrons. The molecule has 8 heteroatoms. The molecule has 1 unspecified atom stereocenters. The fourth-order valence-corrected chi connectivity index (χ4v) is 2.12. The third-order valence-corrected chi connectivity index (χ3v) is 3.24. The van der Waals surface area contributed by atoms with Crippen LogP contribution in [0.2, 0.25) is 0 Å². The largest absolute Gasteiger partial charge is 0.480 e. The molecule has 1 aliphatic rings. The number of rotatable bonds is 6. The predicted octanol–water partition coefficient (Wildman–Crippen LogP) is -0.739. The normalized spacial score (nSPS) is 19.8. The van der Waals surface area contributed by atoms with E-state index < -0.39 is 18.0 Å². The van der Waals surface area contributed by atoms with E-state index in [4.69, 9.17) is 21.7 Å². The SMILES string of the molecule is NCCCC[C@H](N)C(=O)O.O=C(O)C1CSCN1. The first-order valence-electron chi connectivity index (χ1n) is 5.71. The summed E-state index contributed by atoms with van der Waals surface area (Å²) in [5, 5.41) is 19.5. The first-order chi connectivity index (χ1) is 8.49. The summed E-state index contributed by atoms with van der Waals surface area (Å²) in [4.78, 5) is 20.3. The van der Waals surface area contributed by atoms with Crippen molar-refractivity contribution in [1.29, 1.82) is 0 Å². The highest BCUT2D eigenvalue weighted by atomic mass is 32.2. The molecule has 0 aromatic rings. The highest BCUT2D eigenvalue weighted by molar-refractivity contribution is 7.99. The second-order valence-corrected chi connectivity index (χ2v) is 4.87. The molecule has 0 amide bonds. The number of carboxylic acids is 2. The third-order valence-electron chi connectivity index (χ3n) is 2.30. The van der Waals surface area contributed by atoms with Gasteiger partial charge in [0.25, 0.3) is 0 Å². The van der Waals surface area contributed by atoms with Crippen molar-refractivity contribution in [2.24, 2.45) is 11.5 Å². The number of carboxylic acid groups (broad SMARTS) is 2. The second kappa shape index (κ2) is 10.1. The topological polar surface area (TPSA) is 139 Å². The Morgan fingerprint density at radius 1 is 1.39 bits per heavy atom. The Labute approximate surface area is 110 Å². The van der Waals surface area contributed by atoms with Gasteiger partial charge in [-0.2, -0.15) is 0 Å². The minimum absolute atomic E-state index is 0.306. The van der Waals surface area contributed by atoms with E-state index in [1.165, 1.54) is 0 Å². The van der Waals surface area contributed by atoms with Crippen molar-refractivity contribution in [3.8, 4) is 0 Å². The Kier molecular flexibility index (Phi) is 9.66. The molecule has 18 heavy (non-hydrogen) atoms. The van der Waals surface area contributed by atoms with E-state index in [0.29, 0.717) is 18.7 Å². The van der Waals surface area contributed by atoms with Gasteiger partial charge in [-0.3, -0.25) is 14.9 Å². The lowest BCUT2D eigenvalue weighted by atomic mass is 10.1. The summed E-state index contributed by atoms with van der Waals surface area (Å²) < 4.78 is 0. The van der Waals surface area contributed by atoms with Crippen LogP contribution in [-0.4, -0.2) is 52.4 Å². The zero-order valence-corrected chi connectivity index (χ0v) is 11.0. The van der Waals surface area contributed by atoms with Gasteiger partial charge in [0.2, 0.25) is 0 Å². The molecule has 0 aromatic carbocycles. The van der Waals surface area contributed by atoms with Crippen molar-refractivity contribution in [2.45, 2.75) is 31.3 Å². The maximum atomic E-state index is 10.1. The zero-order chi connectivity index (χ0) is 14.0. The summed E-state index contributed by atoms with van der Waals surface area (Å²) in [6.07, 6.45) is 2.16. The first kappa shape index (κ1) is 17.2. The van der Waals surface area contributed by atoms with Crippen molar-refractivity contribution in [2.75, 3.05) is 18.2 Å². The Morgan fingerprint density at radius 3 is 2.39 bits per heavy atom. The van der Waals surface area contributed by atoms with Gasteiger partial charge in [0, 0.05) is 11.6 Å². The lowest BCUT2D eigenvalue weighted by Crippen LogP contribution is -2.32. The smallest absolute Gasteiger partial charge is 0.321 e. The summed E-state index contributed by atoms with van der Waals surface area (Å²) in [6.45, 7) is 0.604. The van der Waals surface area contributed by atoms with Crippen LogP contribution in [0.1, 0.15) is 19.3 Å². The highest BCUT2D eigenvalue weighted by Gasteiger charge is 2.20. The number of hydrogen-bond donors (Lipinski definition) is 5. The van der Waals surface area contributed by atoms with Crippen LogP contribution in [0.15, 0.2) is 0 Å². The van der Waals surface area contributed by atoms with E-state index in [-0.39, 0.29) is 6.04 Å². The first-order valence-corrected chi connectivity index (χ1v) is 6.87. The Hall–Kier alpha value is -0.830. The average molecular weight is 279 g/mol. The zero-order valence-electron chi connectivity index (χ0n) is 10.2. The fourth-order valence-electron chi connectivity index (χ4n) is 1.19. The minimum Gasteiger partial charge on any atom is -0.480 e. The summed E-state index contributed by atoms with van der Waals surface area (Å²) >= 11 is 1.62. The van der Waals surface area contributed by atoms with Gasteiger partial charge >= 0.3 is 11.9 Å². The Bertz CT molecular complexity index is 260. The van der Waals surface area contributed by atoms with Crippen molar-refractivity contribution >= 4 is 23.7 Å². The lowest BCUT2D eigenvalue weighted by Gasteiger charge is -2.03. The van der Waals surface area contributed by atoms with E-state index >= 15 is 0 Å². The van der Waals surface area contributed by atoms with Crippen LogP contribution in [0.5, 0.6) is 0 Å². The molecule has 0 bridgehead atoms. The van der Waals surface area contributed by atoms with Crippen LogP contribution in [-0.2, 0) is 9.59 Å². The molecule has 7 nitrogen and oxygen atoms in total. The van der Waals surface area contributed by atoms with Crippen LogP contribution >= 0.6 is 11.8 Å². The van der Waals surface area contributed by atoms with Crippen LogP contribution in [0, 0.1) is 0 Å². The standard InChI is InChI=1S/C6H14N2O2.C4H7NO2S/c7-4-2-1-3-5(8)6(9)10;6-4(7)3-1-8-2-5-3/h5H,1-4,7-8H2,(H,9,10);3,5H,1-2H2,(H,6,7)/t5-;/m0./s1. The maximum Gasteiger partial charge on any atom is 0.321 e. The fraction of sp³-hybridized carbons (Fsp3) is 0.800. The molecule has 1 aliphatic heterocycles. The molecule has 7 N–H and O–H groups in total. The third kappa shape index (κ3) is 8.29. The number of carbonyl (C=O) groups is 2. The number of hydrogen-bond acceptors (Lipinski definition) is 6. The number of aliphatic carboxylic acids is 2. The van der Waals surface area contributed by atoms with Gasteiger partial charge < -0.3 is 21.7 Å². The van der Waals surface area contributed by atoms with Crippen LogP contribution < -0.4 is 16.8 Å². The summed E-state index contributed by atoms with van der Waals surface area (Å²) in [6, 6.07) is -1.02. The van der Waals surface area contributed by atoms with Crippen molar-refractivity contribution in [3.05, 3.63) is 0 Å². The molecule has 1 rings (SSSR count). The summed E-state index contributed by atoms with van der Waals surface area (Å²) in [5.74, 6) is -0.196. The van der Waals surface area contributed by atoms with Gasteiger partial charge in [0.15, 0.2) is 0 Å². The summed E-state index contributed by atoms with van der Waals surface area (Å²) in [7, 11) is 0. The van der Waals surface area contributed by atoms with Crippen molar-refractivity contribution in [1.82, 2.24) is 5.32 Å². The monoisotopic (exact) mass is 279 g/mol. The van der Waals surface area contributed by atoms with Crippen molar-refractivity contribution in [3.63, 3.8) is 0 Å². The number of nitrogens with two attached hydrogens (primary N) is 2. The quantitative estimate of drug-likeness (QED) is 0.401. The molecular formula is C10H21N3O4S. The van der Waals surface area contributed by atoms with Crippen LogP contribution in [0.4, 0.5) is 0 Å². The molecule has 2 atom stereocenters. The van der Waals surface area contributed by atoms with Gasteiger partial charge in [-0.05, 0) is 19.4 Å². The van der Waals surface area contributed by atoms with E-state index in [9.17, 15) is 9.59 Å². The van der Waals surface area contributed by atoms with E-state index in [1.807, 2.05) is 0 Å². The molecule has 1 saturated heterocycles. The van der Waals surface area contributed by atoms with E-state index in [1.54, 1.807) is 11.8 Å².